The van der Waals surface area contributed by atoms with E-state index in [-0.39, 0.29) is 27.3 Å². The van der Waals surface area contributed by atoms with Gasteiger partial charge in [0.1, 0.15) is 12.4 Å². The number of ether oxygens (including phenoxy) is 1. The van der Waals surface area contributed by atoms with Gasteiger partial charge in [-0.2, -0.15) is 4.99 Å². The third-order valence-corrected chi connectivity index (χ3v) is 5.04. The molecule has 0 radical (unpaired) electrons. The molecule has 11 heteroatoms. The van der Waals surface area contributed by atoms with Crippen LogP contribution in [0.15, 0.2) is 47.5 Å². The normalized spacial score (nSPS) is 11.9. The van der Waals surface area contributed by atoms with Gasteiger partial charge in [0, 0.05) is 24.3 Å². The van der Waals surface area contributed by atoms with Gasteiger partial charge in [0.05, 0.1) is 21.7 Å². The van der Waals surface area contributed by atoms with E-state index in [1.54, 1.807) is 6.92 Å². The Labute approximate surface area is 177 Å². The van der Waals surface area contributed by atoms with Crippen LogP contribution in [0.4, 0.5) is 14.5 Å². The quantitative estimate of drug-likeness (QED) is 0.249. The molecule has 1 heterocycles. The van der Waals surface area contributed by atoms with Crippen LogP contribution in [0.5, 0.6) is 0 Å². The molecule has 0 aliphatic rings. The lowest BCUT2D eigenvalue weighted by Gasteiger charge is -2.05. The van der Waals surface area contributed by atoms with Gasteiger partial charge in [-0.1, -0.05) is 11.3 Å². The third-order valence-electron chi connectivity index (χ3n) is 4.02. The van der Waals surface area contributed by atoms with E-state index in [1.165, 1.54) is 30.3 Å². The molecular formula is C20H15F2N3O5S. The number of carbonyl (C=O) groups excluding carboxylic acids is 2. The highest BCUT2D eigenvalue weighted by Gasteiger charge is 2.16. The first-order valence-corrected chi connectivity index (χ1v) is 9.75. The molecule has 0 saturated carbocycles. The van der Waals surface area contributed by atoms with E-state index in [9.17, 15) is 28.5 Å². The summed E-state index contributed by atoms with van der Waals surface area (Å²) in [6.07, 6.45) is 2.52. The number of rotatable bonds is 6. The smallest absolute Gasteiger partial charge is 0.326 e. The molecule has 2 aromatic carbocycles. The van der Waals surface area contributed by atoms with Gasteiger partial charge in [-0.25, -0.2) is 8.78 Å². The molecule has 3 aromatic rings. The molecule has 1 amide bonds. The first-order valence-electron chi connectivity index (χ1n) is 8.93. The van der Waals surface area contributed by atoms with Crippen molar-refractivity contribution in [3.8, 4) is 0 Å². The standard InChI is InChI=1S/C20H15F2N3O5S/c1-2-30-18(27)11-24-19-15(22)9-13(21)10-16(19)31-20(24)23-17(26)8-5-12-3-6-14(7-4-12)25(28)29/h3-10H,2,11H2,1H3. The fraction of sp³-hybridized carbons (Fsp3) is 0.150. The van der Waals surface area contributed by atoms with E-state index in [0.717, 1.165) is 28.0 Å². The molecule has 0 fully saturated rings. The van der Waals surface area contributed by atoms with Gasteiger partial charge in [-0.3, -0.25) is 19.7 Å². The molecule has 1 aromatic heterocycles. The molecule has 0 N–H and O–H groups in total. The SMILES string of the molecule is CCOC(=O)Cn1c(=NC(=O)C=Cc2ccc([N+](=O)[O-])cc2)sc2cc(F)cc(F)c21. The van der Waals surface area contributed by atoms with Crippen LogP contribution in [-0.2, 0) is 20.9 Å². The van der Waals surface area contributed by atoms with Crippen molar-refractivity contribution in [2.24, 2.45) is 4.99 Å². The van der Waals surface area contributed by atoms with Crippen molar-refractivity contribution in [2.45, 2.75) is 13.5 Å². The average molecular weight is 447 g/mol. The molecule has 0 aliphatic carbocycles. The minimum atomic E-state index is -0.897. The van der Waals surface area contributed by atoms with Crippen LogP contribution >= 0.6 is 11.3 Å². The zero-order valence-corrected chi connectivity index (χ0v) is 16.9. The Morgan fingerprint density at radius 2 is 1.97 bits per heavy atom. The Bertz CT molecular complexity index is 1260. The molecule has 0 aliphatic heterocycles. The van der Waals surface area contributed by atoms with E-state index in [2.05, 4.69) is 4.99 Å². The second kappa shape index (κ2) is 9.39. The van der Waals surface area contributed by atoms with Crippen LogP contribution in [0.25, 0.3) is 16.3 Å². The van der Waals surface area contributed by atoms with Gasteiger partial charge in [0.25, 0.3) is 11.6 Å². The van der Waals surface area contributed by atoms with Gasteiger partial charge >= 0.3 is 5.97 Å². The molecule has 0 saturated heterocycles. The van der Waals surface area contributed by atoms with E-state index in [4.69, 9.17) is 4.74 Å². The predicted octanol–water partition coefficient (Wildman–Crippen LogP) is 3.59. The summed E-state index contributed by atoms with van der Waals surface area (Å²) in [5.41, 5.74) is 0.371. The number of non-ortho nitro benzene ring substituents is 1. The van der Waals surface area contributed by atoms with Gasteiger partial charge in [0.2, 0.25) is 0 Å². The minimum Gasteiger partial charge on any atom is -0.465 e. The number of hydrogen-bond acceptors (Lipinski definition) is 6. The number of nitrogens with zero attached hydrogens (tertiary/aromatic N) is 3. The highest BCUT2D eigenvalue weighted by atomic mass is 32.1. The number of aromatic nitrogens is 1. The van der Waals surface area contributed by atoms with Crippen LogP contribution in [0, 0.1) is 21.7 Å². The number of amides is 1. The lowest BCUT2D eigenvalue weighted by molar-refractivity contribution is -0.384. The molecular weight excluding hydrogens is 432 g/mol. The topological polar surface area (TPSA) is 104 Å². The van der Waals surface area contributed by atoms with Crippen molar-refractivity contribution in [3.63, 3.8) is 0 Å². The van der Waals surface area contributed by atoms with Crippen molar-refractivity contribution in [1.29, 1.82) is 0 Å². The Morgan fingerprint density at radius 3 is 2.61 bits per heavy atom. The zero-order chi connectivity index (χ0) is 22.5. The first kappa shape index (κ1) is 22.0. The Morgan fingerprint density at radius 1 is 1.26 bits per heavy atom. The Hall–Kier alpha value is -3.73. The number of esters is 1. The number of benzene rings is 2. The average Bonchev–Trinajstić information content (AvgIpc) is 3.03. The van der Waals surface area contributed by atoms with Crippen molar-refractivity contribution >= 4 is 45.2 Å². The summed E-state index contributed by atoms with van der Waals surface area (Å²) in [7, 11) is 0. The van der Waals surface area contributed by atoms with E-state index >= 15 is 0 Å². The van der Waals surface area contributed by atoms with Crippen LogP contribution in [0.2, 0.25) is 0 Å². The Balaban J connectivity index is 1.97. The second-order valence-electron chi connectivity index (χ2n) is 6.14. The summed E-state index contributed by atoms with van der Waals surface area (Å²) in [5, 5.41) is 10.7. The number of nitro groups is 1. The number of fused-ring (bicyclic) bond motifs is 1. The number of nitro benzene ring substituents is 1. The summed E-state index contributed by atoms with van der Waals surface area (Å²) < 4.78 is 34.2. The highest BCUT2D eigenvalue weighted by molar-refractivity contribution is 7.16. The summed E-state index contributed by atoms with van der Waals surface area (Å²) in [6, 6.07) is 7.26. The lowest BCUT2D eigenvalue weighted by atomic mass is 10.2. The monoisotopic (exact) mass is 447 g/mol. The maximum atomic E-state index is 14.4. The maximum Gasteiger partial charge on any atom is 0.326 e. The molecule has 160 valence electrons. The highest BCUT2D eigenvalue weighted by Crippen LogP contribution is 2.22. The lowest BCUT2D eigenvalue weighted by Crippen LogP contribution is -2.23. The number of carbonyl (C=O) groups is 2. The second-order valence-corrected chi connectivity index (χ2v) is 7.15. The molecule has 0 atom stereocenters. The van der Waals surface area contributed by atoms with E-state index < -0.39 is 35.0 Å². The minimum absolute atomic E-state index is 0.00842. The molecule has 31 heavy (non-hydrogen) atoms. The molecule has 0 unspecified atom stereocenters. The summed E-state index contributed by atoms with van der Waals surface area (Å²) in [5.74, 6) is -3.08. The molecule has 8 nitrogen and oxygen atoms in total. The van der Waals surface area contributed by atoms with Crippen LogP contribution in [-0.4, -0.2) is 28.0 Å². The summed E-state index contributed by atoms with van der Waals surface area (Å²) in [6.45, 7) is 1.32. The largest absolute Gasteiger partial charge is 0.465 e. The van der Waals surface area contributed by atoms with Gasteiger partial charge < -0.3 is 9.30 Å². The molecule has 3 rings (SSSR count). The van der Waals surface area contributed by atoms with Crippen LogP contribution in [0.1, 0.15) is 12.5 Å². The first-order chi connectivity index (χ1) is 14.8. The molecule has 0 spiro atoms. The number of hydrogen-bond donors (Lipinski definition) is 0. The number of thiazole rings is 1. The third kappa shape index (κ3) is 5.25. The van der Waals surface area contributed by atoms with Gasteiger partial charge in [-0.05, 0) is 36.8 Å². The van der Waals surface area contributed by atoms with Gasteiger partial charge in [0.15, 0.2) is 10.6 Å². The summed E-state index contributed by atoms with van der Waals surface area (Å²) >= 11 is 0.846. The maximum absolute atomic E-state index is 14.4. The predicted molar refractivity (Wildman–Crippen MR) is 109 cm³/mol. The fourth-order valence-corrected chi connectivity index (χ4v) is 3.78. The summed E-state index contributed by atoms with van der Waals surface area (Å²) in [4.78, 5) is 38.3. The van der Waals surface area contributed by atoms with E-state index in [0.29, 0.717) is 11.6 Å². The Kier molecular flexibility index (Phi) is 6.65. The molecule has 0 bridgehead atoms. The van der Waals surface area contributed by atoms with Crippen molar-refractivity contribution in [1.82, 2.24) is 4.57 Å². The van der Waals surface area contributed by atoms with Crippen molar-refractivity contribution < 1.29 is 28.0 Å². The van der Waals surface area contributed by atoms with Crippen molar-refractivity contribution in [3.05, 3.63) is 74.6 Å². The zero-order valence-electron chi connectivity index (χ0n) is 16.1. The van der Waals surface area contributed by atoms with E-state index in [1.807, 2.05) is 0 Å². The number of halogens is 2. The fourth-order valence-electron chi connectivity index (χ4n) is 2.70. The van der Waals surface area contributed by atoms with Crippen LogP contribution < -0.4 is 4.80 Å². The van der Waals surface area contributed by atoms with Crippen molar-refractivity contribution in [2.75, 3.05) is 6.61 Å². The van der Waals surface area contributed by atoms with Crippen LogP contribution in [0.3, 0.4) is 0 Å². The van der Waals surface area contributed by atoms with Gasteiger partial charge in [-0.15, -0.1) is 0 Å².